The second-order valence-corrected chi connectivity index (χ2v) is 3.43. The van der Waals surface area contributed by atoms with E-state index in [0.29, 0.717) is 22.3 Å². The molecule has 1 aliphatic heterocycles. The Labute approximate surface area is 96.1 Å². The van der Waals surface area contributed by atoms with E-state index in [2.05, 4.69) is 5.16 Å². The number of oxime groups is 1. The van der Waals surface area contributed by atoms with Gasteiger partial charge < -0.3 is 25.2 Å². The van der Waals surface area contributed by atoms with E-state index in [1.165, 1.54) is 0 Å². The number of hydrogen-bond donors (Lipinski definition) is 2. The standard InChI is InChI=1S/C9H9ClN2O4/c10-6-1-5(14-3-8(11)12-13)2-7-9(6)16-4-15-7/h1-2,13H,3-4H2,(H2,11,12). The van der Waals surface area contributed by atoms with E-state index >= 15 is 0 Å². The summed E-state index contributed by atoms with van der Waals surface area (Å²) in [5.74, 6) is 1.44. The van der Waals surface area contributed by atoms with Gasteiger partial charge >= 0.3 is 0 Å². The number of nitrogens with zero attached hydrogens (tertiary/aromatic N) is 1. The fourth-order valence-electron chi connectivity index (χ4n) is 1.21. The molecular formula is C9H9ClN2O4. The second-order valence-electron chi connectivity index (χ2n) is 3.02. The van der Waals surface area contributed by atoms with E-state index in [4.69, 9.17) is 36.8 Å². The maximum atomic E-state index is 8.33. The predicted molar refractivity (Wildman–Crippen MR) is 56.5 cm³/mol. The van der Waals surface area contributed by atoms with Gasteiger partial charge in [-0.2, -0.15) is 0 Å². The van der Waals surface area contributed by atoms with Gasteiger partial charge in [0.15, 0.2) is 17.3 Å². The SMILES string of the molecule is N/C(COc1cc(Cl)c2c(c1)OCO2)=N\O. The second kappa shape index (κ2) is 4.36. The number of ether oxygens (including phenoxy) is 3. The molecule has 3 N–H and O–H groups in total. The minimum absolute atomic E-state index is 0.0335. The highest BCUT2D eigenvalue weighted by molar-refractivity contribution is 6.32. The van der Waals surface area contributed by atoms with Crippen LogP contribution < -0.4 is 19.9 Å². The van der Waals surface area contributed by atoms with Crippen LogP contribution in [0.15, 0.2) is 17.3 Å². The Balaban J connectivity index is 2.14. The molecule has 0 saturated carbocycles. The van der Waals surface area contributed by atoms with Crippen LogP contribution in [0.5, 0.6) is 17.2 Å². The first-order chi connectivity index (χ1) is 7.70. The van der Waals surface area contributed by atoms with Gasteiger partial charge in [0.1, 0.15) is 12.4 Å². The first kappa shape index (κ1) is 10.7. The molecule has 0 saturated heterocycles. The maximum absolute atomic E-state index is 8.33. The summed E-state index contributed by atoms with van der Waals surface area (Å²) in [6.45, 7) is 0.102. The predicted octanol–water partition coefficient (Wildman–Crippen LogP) is 1.19. The first-order valence-corrected chi connectivity index (χ1v) is 4.77. The molecule has 2 rings (SSSR count). The molecule has 0 bridgehead atoms. The fraction of sp³-hybridized carbons (Fsp3) is 0.222. The lowest BCUT2D eigenvalue weighted by Crippen LogP contribution is -2.20. The monoisotopic (exact) mass is 244 g/mol. The van der Waals surface area contributed by atoms with Crippen molar-refractivity contribution in [2.75, 3.05) is 13.4 Å². The Morgan fingerprint density at radius 2 is 2.38 bits per heavy atom. The number of nitrogens with two attached hydrogens (primary N) is 1. The highest BCUT2D eigenvalue weighted by Gasteiger charge is 2.18. The molecule has 0 spiro atoms. The Bertz CT molecular complexity index is 436. The van der Waals surface area contributed by atoms with Crippen molar-refractivity contribution in [3.05, 3.63) is 17.2 Å². The van der Waals surface area contributed by atoms with Gasteiger partial charge in [0.05, 0.1) is 5.02 Å². The summed E-state index contributed by atoms with van der Waals surface area (Å²) in [4.78, 5) is 0. The lowest BCUT2D eigenvalue weighted by Gasteiger charge is -2.06. The zero-order valence-corrected chi connectivity index (χ0v) is 8.90. The Morgan fingerprint density at radius 3 is 3.12 bits per heavy atom. The molecule has 0 unspecified atom stereocenters. The number of hydrogen-bond acceptors (Lipinski definition) is 5. The van der Waals surface area contributed by atoms with Crippen molar-refractivity contribution in [1.82, 2.24) is 0 Å². The van der Waals surface area contributed by atoms with E-state index in [-0.39, 0.29) is 19.2 Å². The summed E-state index contributed by atoms with van der Waals surface area (Å²) < 4.78 is 15.5. The number of benzene rings is 1. The van der Waals surface area contributed by atoms with Crippen LogP contribution in [-0.4, -0.2) is 24.4 Å². The van der Waals surface area contributed by atoms with Gasteiger partial charge in [-0.3, -0.25) is 0 Å². The topological polar surface area (TPSA) is 86.3 Å². The molecule has 1 heterocycles. The molecule has 0 aromatic heterocycles. The molecule has 0 amide bonds. The molecule has 0 radical (unpaired) electrons. The minimum atomic E-state index is -0.0352. The maximum Gasteiger partial charge on any atom is 0.231 e. The van der Waals surface area contributed by atoms with Crippen molar-refractivity contribution in [2.45, 2.75) is 0 Å². The van der Waals surface area contributed by atoms with Gasteiger partial charge in [0.25, 0.3) is 0 Å². The van der Waals surface area contributed by atoms with Gasteiger partial charge in [0, 0.05) is 12.1 Å². The zero-order valence-electron chi connectivity index (χ0n) is 8.14. The van der Waals surface area contributed by atoms with Crippen molar-refractivity contribution in [1.29, 1.82) is 0 Å². The van der Waals surface area contributed by atoms with E-state index in [9.17, 15) is 0 Å². The van der Waals surface area contributed by atoms with Crippen LogP contribution in [0, 0.1) is 0 Å². The van der Waals surface area contributed by atoms with Crippen molar-refractivity contribution < 1.29 is 19.4 Å². The van der Waals surface area contributed by atoms with E-state index < -0.39 is 0 Å². The van der Waals surface area contributed by atoms with Gasteiger partial charge in [-0.1, -0.05) is 16.8 Å². The molecular weight excluding hydrogens is 236 g/mol. The largest absolute Gasteiger partial charge is 0.485 e. The third kappa shape index (κ3) is 2.06. The average Bonchev–Trinajstić information content (AvgIpc) is 2.74. The number of rotatable bonds is 3. The lowest BCUT2D eigenvalue weighted by atomic mass is 10.3. The van der Waals surface area contributed by atoms with Crippen LogP contribution in [0.1, 0.15) is 0 Å². The van der Waals surface area contributed by atoms with E-state index in [1.807, 2.05) is 0 Å². The molecule has 6 nitrogen and oxygen atoms in total. The molecule has 0 aliphatic carbocycles. The average molecular weight is 245 g/mol. The van der Waals surface area contributed by atoms with Crippen molar-refractivity contribution in [3.8, 4) is 17.2 Å². The highest BCUT2D eigenvalue weighted by atomic mass is 35.5. The van der Waals surface area contributed by atoms with E-state index in [1.54, 1.807) is 12.1 Å². The van der Waals surface area contributed by atoms with Crippen LogP contribution >= 0.6 is 11.6 Å². The van der Waals surface area contributed by atoms with Gasteiger partial charge in [0.2, 0.25) is 6.79 Å². The third-order valence-corrected chi connectivity index (χ3v) is 2.20. The number of amidine groups is 1. The van der Waals surface area contributed by atoms with E-state index in [0.717, 1.165) is 0 Å². The molecule has 7 heteroatoms. The molecule has 0 fully saturated rings. The summed E-state index contributed by atoms with van der Waals surface area (Å²) in [6, 6.07) is 3.19. The van der Waals surface area contributed by atoms with Crippen LogP contribution in [-0.2, 0) is 0 Å². The van der Waals surface area contributed by atoms with Crippen LogP contribution in [0.2, 0.25) is 5.02 Å². The van der Waals surface area contributed by atoms with Gasteiger partial charge in [-0.05, 0) is 0 Å². The summed E-state index contributed by atoms with van der Waals surface area (Å²) in [7, 11) is 0. The molecule has 16 heavy (non-hydrogen) atoms. The van der Waals surface area contributed by atoms with Crippen molar-refractivity contribution in [3.63, 3.8) is 0 Å². The summed E-state index contributed by atoms with van der Waals surface area (Å²) >= 11 is 5.93. The Hall–Kier alpha value is -1.82. The van der Waals surface area contributed by atoms with Crippen molar-refractivity contribution >= 4 is 17.4 Å². The normalized spacial score (nSPS) is 13.9. The van der Waals surface area contributed by atoms with Crippen LogP contribution in [0.25, 0.3) is 0 Å². The van der Waals surface area contributed by atoms with Crippen LogP contribution in [0.4, 0.5) is 0 Å². The first-order valence-electron chi connectivity index (χ1n) is 4.39. The van der Waals surface area contributed by atoms with Crippen LogP contribution in [0.3, 0.4) is 0 Å². The lowest BCUT2D eigenvalue weighted by molar-refractivity contribution is 0.174. The third-order valence-electron chi connectivity index (χ3n) is 1.92. The summed E-state index contributed by atoms with van der Waals surface area (Å²) in [5.41, 5.74) is 5.26. The summed E-state index contributed by atoms with van der Waals surface area (Å²) in [5, 5.41) is 11.5. The molecule has 86 valence electrons. The fourth-order valence-corrected chi connectivity index (χ4v) is 1.47. The molecule has 1 aliphatic rings. The zero-order chi connectivity index (χ0) is 11.5. The quantitative estimate of drug-likeness (QED) is 0.361. The highest BCUT2D eigenvalue weighted by Crippen LogP contribution is 2.41. The number of halogens is 1. The minimum Gasteiger partial charge on any atom is -0.485 e. The Morgan fingerprint density at radius 1 is 1.56 bits per heavy atom. The summed E-state index contributed by atoms with van der Waals surface area (Å²) in [6.07, 6.45) is 0. The smallest absolute Gasteiger partial charge is 0.231 e. The molecule has 1 aromatic carbocycles. The van der Waals surface area contributed by atoms with Gasteiger partial charge in [-0.15, -0.1) is 0 Å². The number of fused-ring (bicyclic) bond motifs is 1. The Kier molecular flexibility index (Phi) is 2.91. The van der Waals surface area contributed by atoms with Gasteiger partial charge in [-0.25, -0.2) is 0 Å². The van der Waals surface area contributed by atoms with Crippen molar-refractivity contribution in [2.24, 2.45) is 10.9 Å². The molecule has 0 atom stereocenters. The molecule has 1 aromatic rings.